The van der Waals surface area contributed by atoms with Crippen LogP contribution in [0.5, 0.6) is 0 Å². The van der Waals surface area contributed by atoms with Crippen LogP contribution in [0.2, 0.25) is 0 Å². The monoisotopic (exact) mass is 375 g/mol. The van der Waals surface area contributed by atoms with Gasteiger partial charge in [-0.05, 0) is 57.1 Å². The molecule has 0 aliphatic carbocycles. The van der Waals surface area contributed by atoms with Crippen LogP contribution in [0.25, 0.3) is 10.9 Å². The van der Waals surface area contributed by atoms with Crippen LogP contribution in [0.15, 0.2) is 64.4 Å². The van der Waals surface area contributed by atoms with E-state index in [1.54, 1.807) is 0 Å². The van der Waals surface area contributed by atoms with Crippen molar-refractivity contribution >= 4 is 34.2 Å². The van der Waals surface area contributed by atoms with Crippen LogP contribution in [-0.4, -0.2) is 36.1 Å². The molecule has 0 spiro atoms. The van der Waals surface area contributed by atoms with Gasteiger partial charge in [0.2, 0.25) is 0 Å². The Bertz CT molecular complexity index is 971. The number of para-hydroxylation sites is 2. The fourth-order valence-electron chi connectivity index (χ4n) is 4.37. The number of anilines is 2. The molecule has 5 rings (SSSR count). The van der Waals surface area contributed by atoms with Crippen molar-refractivity contribution in [1.82, 2.24) is 9.88 Å². The Kier molecular flexibility index (Phi) is 4.54. The quantitative estimate of drug-likeness (QED) is 0.583. The molecule has 3 aromatic rings. The Hall–Kier alpha value is -2.04. The van der Waals surface area contributed by atoms with Crippen molar-refractivity contribution in [2.24, 2.45) is 0 Å². The molecule has 138 valence electrons. The van der Waals surface area contributed by atoms with Crippen LogP contribution in [0.4, 0.5) is 11.5 Å². The van der Waals surface area contributed by atoms with Crippen molar-refractivity contribution in [3.8, 4) is 0 Å². The van der Waals surface area contributed by atoms with Crippen LogP contribution in [-0.2, 0) is 0 Å². The van der Waals surface area contributed by atoms with Crippen molar-refractivity contribution in [3.63, 3.8) is 0 Å². The lowest BCUT2D eigenvalue weighted by atomic mass is 10.00. The third-order valence-electron chi connectivity index (χ3n) is 5.91. The lowest BCUT2D eigenvalue weighted by Crippen LogP contribution is -2.38. The minimum absolute atomic E-state index is 0.685. The second-order valence-electron chi connectivity index (χ2n) is 7.64. The van der Waals surface area contributed by atoms with Crippen molar-refractivity contribution < 1.29 is 0 Å². The topological polar surface area (TPSA) is 19.4 Å². The molecule has 3 heterocycles. The Balaban J connectivity index is 1.52. The zero-order valence-electron chi connectivity index (χ0n) is 15.8. The molecule has 2 aromatic carbocycles. The van der Waals surface area contributed by atoms with Crippen LogP contribution in [0.1, 0.15) is 25.7 Å². The molecule has 1 aromatic heterocycles. The van der Waals surface area contributed by atoms with E-state index in [0.717, 1.165) is 17.9 Å². The number of piperidine rings is 1. The van der Waals surface area contributed by atoms with Crippen molar-refractivity contribution in [3.05, 3.63) is 54.6 Å². The maximum atomic E-state index is 5.07. The number of aromatic nitrogens is 1. The Morgan fingerprint density at radius 1 is 1.04 bits per heavy atom. The second kappa shape index (κ2) is 7.17. The molecule has 2 aliphatic rings. The average Bonchev–Trinajstić information content (AvgIpc) is 2.71. The first-order chi connectivity index (χ1) is 13.3. The van der Waals surface area contributed by atoms with Gasteiger partial charge < -0.3 is 9.80 Å². The van der Waals surface area contributed by atoms with Crippen LogP contribution in [0.3, 0.4) is 0 Å². The van der Waals surface area contributed by atoms with Crippen molar-refractivity contribution in [2.75, 3.05) is 25.0 Å². The van der Waals surface area contributed by atoms with Gasteiger partial charge in [0.15, 0.2) is 0 Å². The first-order valence-corrected chi connectivity index (χ1v) is 10.8. The fourth-order valence-corrected chi connectivity index (χ4v) is 5.47. The van der Waals surface area contributed by atoms with Gasteiger partial charge in [-0.2, -0.15) is 0 Å². The van der Waals surface area contributed by atoms with Gasteiger partial charge in [0.25, 0.3) is 0 Å². The molecule has 1 saturated heterocycles. The van der Waals surface area contributed by atoms with E-state index < -0.39 is 0 Å². The average molecular weight is 376 g/mol. The highest BCUT2D eigenvalue weighted by atomic mass is 32.2. The lowest BCUT2D eigenvalue weighted by Gasteiger charge is -2.36. The zero-order valence-corrected chi connectivity index (χ0v) is 16.6. The summed E-state index contributed by atoms with van der Waals surface area (Å²) < 4.78 is 0. The molecule has 1 atom stereocenters. The summed E-state index contributed by atoms with van der Waals surface area (Å²) in [6, 6.07) is 20.2. The Labute approximate surface area is 165 Å². The molecule has 0 bridgehead atoms. The molecule has 1 unspecified atom stereocenters. The normalized spacial score (nSPS) is 19.7. The maximum absolute atomic E-state index is 5.07. The van der Waals surface area contributed by atoms with E-state index in [0.29, 0.717) is 6.04 Å². The van der Waals surface area contributed by atoms with E-state index in [4.69, 9.17) is 4.98 Å². The van der Waals surface area contributed by atoms with E-state index in [-0.39, 0.29) is 0 Å². The van der Waals surface area contributed by atoms with Crippen molar-refractivity contribution in [2.45, 2.75) is 41.5 Å². The standard InChI is InChI=1S/C23H25N3S/c1-25-14-7-6-9-18(25)13-15-26-20-11-4-5-12-21(20)27-22-16-17-8-2-3-10-19(17)24-23(22)26/h2-5,8,10-12,16,18H,6-7,9,13-15H2,1H3. The zero-order chi connectivity index (χ0) is 18.2. The van der Waals surface area contributed by atoms with E-state index in [1.807, 2.05) is 11.8 Å². The summed E-state index contributed by atoms with van der Waals surface area (Å²) in [7, 11) is 2.28. The molecule has 0 amide bonds. The number of hydrogen-bond acceptors (Lipinski definition) is 4. The van der Waals surface area contributed by atoms with Crippen LogP contribution < -0.4 is 4.90 Å². The third-order valence-corrected chi connectivity index (χ3v) is 6.99. The molecule has 3 nitrogen and oxygen atoms in total. The molecule has 0 N–H and O–H groups in total. The summed E-state index contributed by atoms with van der Waals surface area (Å²) in [6.07, 6.45) is 5.20. The summed E-state index contributed by atoms with van der Waals surface area (Å²) in [5, 5.41) is 1.22. The van der Waals surface area contributed by atoms with Gasteiger partial charge in [-0.25, -0.2) is 4.98 Å². The predicted molar refractivity (Wildman–Crippen MR) is 114 cm³/mol. The van der Waals surface area contributed by atoms with Crippen molar-refractivity contribution in [1.29, 1.82) is 0 Å². The van der Waals surface area contributed by atoms with Crippen LogP contribution in [0, 0.1) is 0 Å². The first-order valence-electron chi connectivity index (χ1n) is 9.94. The SMILES string of the molecule is CN1CCCCC1CCN1c2ccccc2Sc2cc3ccccc3nc21. The van der Waals surface area contributed by atoms with E-state index in [1.165, 1.54) is 53.1 Å². The van der Waals surface area contributed by atoms with Gasteiger partial charge >= 0.3 is 0 Å². The summed E-state index contributed by atoms with van der Waals surface area (Å²) in [5.74, 6) is 1.12. The number of hydrogen-bond donors (Lipinski definition) is 0. The minimum Gasteiger partial charge on any atom is -0.324 e. The Morgan fingerprint density at radius 3 is 2.81 bits per heavy atom. The largest absolute Gasteiger partial charge is 0.324 e. The van der Waals surface area contributed by atoms with E-state index in [2.05, 4.69) is 71.4 Å². The molecule has 2 aliphatic heterocycles. The number of pyridine rings is 1. The molecule has 0 saturated carbocycles. The minimum atomic E-state index is 0.685. The predicted octanol–water partition coefficient (Wildman–Crippen LogP) is 5.71. The molecule has 27 heavy (non-hydrogen) atoms. The number of rotatable bonds is 3. The maximum Gasteiger partial charge on any atom is 0.147 e. The van der Waals surface area contributed by atoms with E-state index in [9.17, 15) is 0 Å². The van der Waals surface area contributed by atoms with Gasteiger partial charge in [0.1, 0.15) is 5.82 Å². The number of benzene rings is 2. The highest BCUT2D eigenvalue weighted by Crippen LogP contribution is 2.48. The van der Waals surface area contributed by atoms with Gasteiger partial charge in [0, 0.05) is 22.9 Å². The molecular weight excluding hydrogens is 350 g/mol. The highest BCUT2D eigenvalue weighted by Gasteiger charge is 2.27. The summed E-state index contributed by atoms with van der Waals surface area (Å²) in [4.78, 5) is 12.7. The third kappa shape index (κ3) is 3.21. The smallest absolute Gasteiger partial charge is 0.147 e. The summed E-state index contributed by atoms with van der Waals surface area (Å²) in [6.45, 7) is 2.25. The lowest BCUT2D eigenvalue weighted by molar-refractivity contribution is 0.178. The first kappa shape index (κ1) is 17.1. The highest BCUT2D eigenvalue weighted by molar-refractivity contribution is 7.99. The summed E-state index contributed by atoms with van der Waals surface area (Å²) in [5.41, 5.74) is 2.38. The van der Waals surface area contributed by atoms with Gasteiger partial charge in [0.05, 0.1) is 16.1 Å². The number of likely N-dealkylation sites (tertiary alicyclic amines) is 1. The fraction of sp³-hybridized carbons (Fsp3) is 0.348. The number of nitrogens with zero attached hydrogens (tertiary/aromatic N) is 3. The second-order valence-corrected chi connectivity index (χ2v) is 8.73. The molecule has 0 radical (unpaired) electrons. The van der Waals surface area contributed by atoms with E-state index >= 15 is 0 Å². The van der Waals surface area contributed by atoms with Gasteiger partial charge in [-0.15, -0.1) is 0 Å². The molecule has 4 heteroatoms. The Morgan fingerprint density at radius 2 is 1.89 bits per heavy atom. The summed E-state index contributed by atoms with van der Waals surface area (Å²) >= 11 is 1.85. The number of fused-ring (bicyclic) bond motifs is 3. The van der Waals surface area contributed by atoms with Gasteiger partial charge in [-0.3, -0.25) is 0 Å². The van der Waals surface area contributed by atoms with Gasteiger partial charge in [-0.1, -0.05) is 48.5 Å². The molecular formula is C23H25N3S. The van der Waals surface area contributed by atoms with Crippen LogP contribution >= 0.6 is 11.8 Å². The molecule has 1 fully saturated rings.